The van der Waals surface area contributed by atoms with Crippen LogP contribution in [0.25, 0.3) is 0 Å². The third-order valence-electron chi connectivity index (χ3n) is 4.64. The molecular weight excluding hydrogens is 476 g/mol. The molecular formula is C28H39ClN4O3. The van der Waals surface area contributed by atoms with Crippen molar-refractivity contribution in [1.82, 2.24) is 10.7 Å². The van der Waals surface area contributed by atoms with Crippen LogP contribution in [0.4, 0.5) is 0 Å². The van der Waals surface area contributed by atoms with E-state index >= 15 is 0 Å². The first kappa shape index (κ1) is 32.6. The molecule has 0 aliphatic carbocycles. The fraction of sp³-hybridized carbons (Fsp3) is 0.321. The van der Waals surface area contributed by atoms with Crippen molar-refractivity contribution in [3.05, 3.63) is 82.5 Å². The van der Waals surface area contributed by atoms with Gasteiger partial charge in [0.25, 0.3) is 0 Å². The van der Waals surface area contributed by atoms with E-state index in [1.54, 1.807) is 25.4 Å². The van der Waals surface area contributed by atoms with E-state index in [0.29, 0.717) is 10.6 Å². The molecule has 36 heavy (non-hydrogen) atoms. The minimum atomic E-state index is -0.190. The lowest BCUT2D eigenvalue weighted by molar-refractivity contribution is -0.107. The summed E-state index contributed by atoms with van der Waals surface area (Å²) in [5, 5.41) is 25.7. The highest BCUT2D eigenvalue weighted by Crippen LogP contribution is 2.24. The molecule has 0 aliphatic rings. The maximum atomic E-state index is 10.0. The number of nitrogens with zero attached hydrogens (tertiary/aromatic N) is 2. The lowest BCUT2D eigenvalue weighted by Crippen LogP contribution is -2.08. The average molecular weight is 515 g/mol. The van der Waals surface area contributed by atoms with E-state index in [1.807, 2.05) is 52.1 Å². The number of hydrogen-bond acceptors (Lipinski definition) is 7. The molecule has 7 nitrogen and oxygen atoms in total. The van der Waals surface area contributed by atoms with E-state index in [2.05, 4.69) is 22.4 Å². The van der Waals surface area contributed by atoms with Crippen LogP contribution >= 0.6 is 11.6 Å². The van der Waals surface area contributed by atoms with Crippen molar-refractivity contribution >= 4 is 29.8 Å². The number of aliphatic imine (C=N–C) groups is 1. The number of carbonyl (C=O) groups excluding carboxylic acids is 1. The van der Waals surface area contributed by atoms with Gasteiger partial charge in [-0.1, -0.05) is 56.3 Å². The van der Waals surface area contributed by atoms with Crippen LogP contribution < -0.4 is 10.7 Å². The Bertz CT molecular complexity index is 1030. The molecule has 0 radical (unpaired) electrons. The number of aldehydes is 1. The summed E-state index contributed by atoms with van der Waals surface area (Å²) in [6, 6.07) is 12.0. The molecule has 4 N–H and O–H groups in total. The number of hydrogen-bond donors (Lipinski definition) is 4. The Kier molecular flexibility index (Phi) is 18.0. The first-order valence-electron chi connectivity index (χ1n) is 11.8. The summed E-state index contributed by atoms with van der Waals surface area (Å²) < 4.78 is 0. The fourth-order valence-corrected chi connectivity index (χ4v) is 3.06. The Morgan fingerprint density at radius 1 is 1.11 bits per heavy atom. The van der Waals surface area contributed by atoms with Gasteiger partial charge in [0.15, 0.2) is 11.5 Å². The summed E-state index contributed by atoms with van der Waals surface area (Å²) in [6.07, 6.45) is 6.37. The molecule has 0 fully saturated rings. The summed E-state index contributed by atoms with van der Waals surface area (Å²) >= 11 is 6.28. The summed E-state index contributed by atoms with van der Waals surface area (Å²) in [5.74, 6) is -0.357. The van der Waals surface area contributed by atoms with Gasteiger partial charge in [-0.25, -0.2) is 0 Å². The predicted molar refractivity (Wildman–Crippen MR) is 152 cm³/mol. The van der Waals surface area contributed by atoms with Crippen molar-refractivity contribution in [2.75, 3.05) is 20.6 Å². The first-order valence-corrected chi connectivity index (χ1v) is 12.2. The maximum Gasteiger partial charge on any atom is 0.157 e. The SMILES string of the molecule is C=CC(=N/C(CCCNC)=C(C)/C=N\NC)c1ccccc1Cl.CC.O=CCc1ccc(O)c(O)c1. The maximum absolute atomic E-state index is 10.0. The van der Waals surface area contributed by atoms with Crippen LogP contribution in [0.15, 0.2) is 76.5 Å². The molecule has 196 valence electrons. The summed E-state index contributed by atoms with van der Waals surface area (Å²) in [5.41, 5.74) is 7.10. The van der Waals surface area contributed by atoms with Crippen LogP contribution in [0, 0.1) is 0 Å². The number of phenols is 2. The predicted octanol–water partition coefficient (Wildman–Crippen LogP) is 5.66. The molecule has 0 aliphatic heterocycles. The minimum absolute atomic E-state index is 0.167. The minimum Gasteiger partial charge on any atom is -0.504 e. The molecule has 0 amide bonds. The number of carbonyl (C=O) groups is 1. The Balaban J connectivity index is 0.000000784. The molecule has 0 atom stereocenters. The van der Waals surface area contributed by atoms with E-state index in [0.717, 1.165) is 48.2 Å². The normalized spacial score (nSPS) is 11.4. The highest BCUT2D eigenvalue weighted by atomic mass is 35.5. The molecule has 0 saturated carbocycles. The van der Waals surface area contributed by atoms with E-state index in [4.69, 9.17) is 26.8 Å². The van der Waals surface area contributed by atoms with Gasteiger partial charge in [0, 0.05) is 29.8 Å². The molecule has 0 aromatic heterocycles. The lowest BCUT2D eigenvalue weighted by atomic mass is 10.1. The monoisotopic (exact) mass is 514 g/mol. The number of rotatable bonds is 11. The van der Waals surface area contributed by atoms with E-state index in [-0.39, 0.29) is 17.9 Å². The lowest BCUT2D eigenvalue weighted by Gasteiger charge is -2.09. The third-order valence-corrected chi connectivity index (χ3v) is 4.97. The van der Waals surface area contributed by atoms with Crippen molar-refractivity contribution in [3.63, 3.8) is 0 Å². The van der Waals surface area contributed by atoms with Crippen LogP contribution in [0.3, 0.4) is 0 Å². The van der Waals surface area contributed by atoms with Crippen molar-refractivity contribution < 1.29 is 15.0 Å². The Morgan fingerprint density at radius 3 is 2.36 bits per heavy atom. The molecule has 2 aromatic carbocycles. The van der Waals surface area contributed by atoms with Gasteiger partial charge in [-0.15, -0.1) is 0 Å². The Labute approximate surface area is 220 Å². The van der Waals surface area contributed by atoms with Crippen LogP contribution in [0.2, 0.25) is 5.02 Å². The van der Waals surface area contributed by atoms with Gasteiger partial charge in [0.2, 0.25) is 0 Å². The smallest absolute Gasteiger partial charge is 0.157 e. The highest BCUT2D eigenvalue weighted by molar-refractivity contribution is 6.35. The zero-order valence-corrected chi connectivity index (χ0v) is 22.6. The van der Waals surface area contributed by atoms with Gasteiger partial charge in [-0.05, 0) is 68.8 Å². The number of hydrazone groups is 1. The second-order valence-corrected chi connectivity index (χ2v) is 7.60. The zero-order valence-electron chi connectivity index (χ0n) is 21.9. The van der Waals surface area contributed by atoms with Crippen LogP contribution in [-0.4, -0.2) is 49.1 Å². The molecule has 0 unspecified atom stereocenters. The summed E-state index contributed by atoms with van der Waals surface area (Å²) in [6.45, 7) is 10.8. The van der Waals surface area contributed by atoms with Gasteiger partial charge < -0.3 is 25.8 Å². The molecule has 0 heterocycles. The second-order valence-electron chi connectivity index (χ2n) is 7.19. The molecule has 8 heteroatoms. The zero-order chi connectivity index (χ0) is 27.3. The van der Waals surface area contributed by atoms with Crippen molar-refractivity contribution in [2.45, 2.75) is 40.0 Å². The highest BCUT2D eigenvalue weighted by Gasteiger charge is 2.07. The van der Waals surface area contributed by atoms with Crippen LogP contribution in [0.5, 0.6) is 11.5 Å². The fourth-order valence-electron chi connectivity index (χ4n) is 2.83. The molecule has 2 aromatic rings. The van der Waals surface area contributed by atoms with Gasteiger partial charge in [-0.3, -0.25) is 4.99 Å². The van der Waals surface area contributed by atoms with Crippen molar-refractivity contribution in [1.29, 1.82) is 0 Å². The van der Waals surface area contributed by atoms with E-state index in [9.17, 15) is 4.79 Å². The number of nitrogens with one attached hydrogen (secondary N) is 2. The second kappa shape index (κ2) is 19.8. The van der Waals surface area contributed by atoms with Gasteiger partial charge >= 0.3 is 0 Å². The van der Waals surface area contributed by atoms with Gasteiger partial charge in [0.05, 0.1) is 11.9 Å². The topological polar surface area (TPSA) is 106 Å². The largest absolute Gasteiger partial charge is 0.504 e. The Hall–Kier alpha value is -3.42. The molecule has 0 spiro atoms. The summed E-state index contributed by atoms with van der Waals surface area (Å²) in [7, 11) is 3.72. The number of halogens is 1. The Morgan fingerprint density at radius 2 is 1.81 bits per heavy atom. The standard InChI is InChI=1S/C18H25ClN4.C8H8O3.C2H6/c1-5-17(15-9-6-7-10-16(15)19)23-18(11-8-12-20-3)14(2)13-22-21-4;9-4-3-6-1-2-7(10)8(11)5-6;1-2/h5-7,9-10,13,20-21H,1,8,11-12H2,2-4H3;1-2,4-5,10-11H,3H2;1-2H3/b18-14+,22-13-,23-17?;;. The summed E-state index contributed by atoms with van der Waals surface area (Å²) in [4.78, 5) is 14.8. The number of phenolic OH excluding ortho intramolecular Hbond substituents is 2. The number of aromatic hydroxyl groups is 2. The quantitative estimate of drug-likeness (QED) is 0.102. The first-order chi connectivity index (χ1) is 17.4. The van der Waals surface area contributed by atoms with Crippen molar-refractivity contribution in [2.24, 2.45) is 10.1 Å². The average Bonchev–Trinajstić information content (AvgIpc) is 2.89. The van der Waals surface area contributed by atoms with E-state index < -0.39 is 0 Å². The molecule has 0 saturated heterocycles. The third kappa shape index (κ3) is 12.3. The number of allylic oxidation sites excluding steroid dienone is 3. The van der Waals surface area contributed by atoms with Gasteiger partial charge in [0.1, 0.15) is 6.29 Å². The molecule has 2 rings (SSSR count). The number of benzene rings is 2. The van der Waals surface area contributed by atoms with Gasteiger partial charge in [-0.2, -0.15) is 5.10 Å². The van der Waals surface area contributed by atoms with E-state index in [1.165, 1.54) is 12.1 Å². The van der Waals surface area contributed by atoms with Crippen LogP contribution in [0.1, 0.15) is 44.7 Å². The van der Waals surface area contributed by atoms with Crippen LogP contribution in [-0.2, 0) is 11.2 Å². The van der Waals surface area contributed by atoms with Crippen molar-refractivity contribution in [3.8, 4) is 11.5 Å². The molecule has 0 bridgehead atoms.